The second-order valence-electron chi connectivity index (χ2n) is 7.12. The van der Waals surface area contributed by atoms with E-state index < -0.39 is 0 Å². The standard InChI is InChI=1S/C22H22Cl2N2O3S2/c1-28-18-9-8-17(24)21-20(18)25-22(31-21)26(13-15-3-2-11-29-15)19(27)10-12-30-16-6-4-14(23)5-7-16/h4-9,15H,2-3,10-13H2,1H3. The Balaban J connectivity index is 1.53. The summed E-state index contributed by atoms with van der Waals surface area (Å²) in [5.41, 5.74) is 0.677. The van der Waals surface area contributed by atoms with E-state index in [2.05, 4.69) is 0 Å². The minimum absolute atomic E-state index is 0.0195. The zero-order valence-electron chi connectivity index (χ0n) is 17.0. The van der Waals surface area contributed by atoms with Gasteiger partial charge in [-0.05, 0) is 49.2 Å². The Morgan fingerprint density at radius 1 is 1.29 bits per heavy atom. The summed E-state index contributed by atoms with van der Waals surface area (Å²) in [6.45, 7) is 1.23. The number of thioether (sulfide) groups is 1. The molecule has 0 saturated carbocycles. The minimum atomic E-state index is 0.0195. The highest BCUT2D eigenvalue weighted by Gasteiger charge is 2.27. The fraction of sp³-hybridized carbons (Fsp3) is 0.364. The minimum Gasteiger partial charge on any atom is -0.494 e. The lowest BCUT2D eigenvalue weighted by Crippen LogP contribution is -2.37. The number of thiazole rings is 1. The fourth-order valence-corrected chi connectivity index (χ4v) is 5.67. The Morgan fingerprint density at radius 3 is 2.81 bits per heavy atom. The number of rotatable bonds is 8. The molecule has 5 nitrogen and oxygen atoms in total. The van der Waals surface area contributed by atoms with E-state index in [0.717, 1.165) is 29.0 Å². The molecule has 0 radical (unpaired) electrons. The number of carbonyl (C=O) groups excluding carboxylic acids is 1. The Hall–Kier alpha value is -1.51. The zero-order valence-corrected chi connectivity index (χ0v) is 20.1. The lowest BCUT2D eigenvalue weighted by atomic mass is 10.2. The number of halogens is 2. The molecule has 1 atom stereocenters. The van der Waals surface area contributed by atoms with Crippen LogP contribution in [0.4, 0.5) is 5.13 Å². The molecule has 164 valence electrons. The fourth-order valence-electron chi connectivity index (χ4n) is 3.42. The van der Waals surface area contributed by atoms with E-state index in [0.29, 0.717) is 45.2 Å². The van der Waals surface area contributed by atoms with Crippen LogP contribution in [0.25, 0.3) is 10.2 Å². The van der Waals surface area contributed by atoms with Gasteiger partial charge in [-0.3, -0.25) is 9.69 Å². The molecule has 1 amide bonds. The Bertz CT molecular complexity index is 1050. The maximum absolute atomic E-state index is 13.2. The first-order valence-electron chi connectivity index (χ1n) is 9.98. The molecule has 0 N–H and O–H groups in total. The van der Waals surface area contributed by atoms with E-state index in [1.54, 1.807) is 35.9 Å². The summed E-state index contributed by atoms with van der Waals surface area (Å²) in [7, 11) is 1.60. The number of carbonyl (C=O) groups is 1. The summed E-state index contributed by atoms with van der Waals surface area (Å²) in [6, 6.07) is 11.2. The van der Waals surface area contributed by atoms with Crippen LogP contribution in [0.15, 0.2) is 41.3 Å². The second-order valence-corrected chi connectivity index (χ2v) is 10.1. The zero-order chi connectivity index (χ0) is 21.8. The molecule has 2 aromatic carbocycles. The van der Waals surface area contributed by atoms with Crippen molar-refractivity contribution < 1.29 is 14.3 Å². The van der Waals surface area contributed by atoms with Gasteiger partial charge in [-0.25, -0.2) is 4.98 Å². The van der Waals surface area contributed by atoms with Crippen molar-refractivity contribution in [2.45, 2.75) is 30.3 Å². The van der Waals surface area contributed by atoms with Gasteiger partial charge in [0.2, 0.25) is 5.91 Å². The van der Waals surface area contributed by atoms with Crippen LogP contribution in [-0.4, -0.2) is 43.0 Å². The Labute approximate surface area is 199 Å². The summed E-state index contributed by atoms with van der Waals surface area (Å²) < 4.78 is 12.1. The third-order valence-electron chi connectivity index (χ3n) is 5.01. The molecule has 2 heterocycles. The Morgan fingerprint density at radius 2 is 2.10 bits per heavy atom. The van der Waals surface area contributed by atoms with Gasteiger partial charge in [0.1, 0.15) is 11.3 Å². The molecule has 4 rings (SSSR count). The van der Waals surface area contributed by atoms with Crippen LogP contribution >= 0.6 is 46.3 Å². The normalized spacial score (nSPS) is 16.0. The van der Waals surface area contributed by atoms with Crippen LogP contribution in [0.3, 0.4) is 0 Å². The lowest BCUT2D eigenvalue weighted by molar-refractivity contribution is -0.118. The van der Waals surface area contributed by atoms with Crippen LogP contribution in [0.2, 0.25) is 10.0 Å². The van der Waals surface area contributed by atoms with E-state index in [9.17, 15) is 4.79 Å². The smallest absolute Gasteiger partial charge is 0.229 e. The number of benzene rings is 2. The monoisotopic (exact) mass is 496 g/mol. The van der Waals surface area contributed by atoms with E-state index in [4.69, 9.17) is 37.7 Å². The number of methoxy groups -OCH3 is 1. The molecule has 0 bridgehead atoms. The number of anilines is 1. The molecule has 1 aromatic heterocycles. The predicted octanol–water partition coefficient (Wildman–Crippen LogP) is 6.31. The topological polar surface area (TPSA) is 51.7 Å². The summed E-state index contributed by atoms with van der Waals surface area (Å²) in [4.78, 5) is 20.8. The molecule has 0 aliphatic carbocycles. The molecule has 1 aliphatic heterocycles. The van der Waals surface area contributed by atoms with E-state index in [-0.39, 0.29) is 12.0 Å². The molecule has 9 heteroatoms. The summed E-state index contributed by atoms with van der Waals surface area (Å²) in [6.07, 6.45) is 2.37. The molecule has 0 spiro atoms. The van der Waals surface area contributed by atoms with Crippen LogP contribution < -0.4 is 9.64 Å². The number of aromatic nitrogens is 1. The first-order chi connectivity index (χ1) is 15.0. The van der Waals surface area contributed by atoms with Gasteiger partial charge in [0.15, 0.2) is 5.13 Å². The molecular formula is C22H22Cl2N2O3S2. The molecular weight excluding hydrogens is 475 g/mol. The van der Waals surface area contributed by atoms with E-state index in [1.165, 1.54) is 11.3 Å². The lowest BCUT2D eigenvalue weighted by Gasteiger charge is -2.23. The molecule has 1 unspecified atom stereocenters. The second kappa shape index (κ2) is 10.4. The molecule has 1 saturated heterocycles. The summed E-state index contributed by atoms with van der Waals surface area (Å²) >= 11 is 15.4. The molecule has 1 aliphatic rings. The van der Waals surface area contributed by atoms with Crippen LogP contribution in [0, 0.1) is 0 Å². The predicted molar refractivity (Wildman–Crippen MR) is 129 cm³/mol. The molecule has 3 aromatic rings. The first-order valence-corrected chi connectivity index (χ1v) is 12.5. The summed E-state index contributed by atoms with van der Waals surface area (Å²) in [5.74, 6) is 1.33. The highest BCUT2D eigenvalue weighted by molar-refractivity contribution is 7.99. The summed E-state index contributed by atoms with van der Waals surface area (Å²) in [5, 5.41) is 1.92. The molecule has 31 heavy (non-hydrogen) atoms. The van der Waals surface area contributed by atoms with Gasteiger partial charge < -0.3 is 9.47 Å². The van der Waals surface area contributed by atoms with Crippen molar-refractivity contribution in [2.75, 3.05) is 30.9 Å². The van der Waals surface area contributed by atoms with Gasteiger partial charge in [0.25, 0.3) is 0 Å². The van der Waals surface area contributed by atoms with Crippen molar-refractivity contribution in [3.63, 3.8) is 0 Å². The number of fused-ring (bicyclic) bond motifs is 1. The average molecular weight is 497 g/mol. The van der Waals surface area contributed by atoms with Gasteiger partial charge in [-0.2, -0.15) is 0 Å². The first kappa shape index (κ1) is 22.7. The van der Waals surface area contributed by atoms with Crippen LogP contribution in [0.1, 0.15) is 19.3 Å². The van der Waals surface area contributed by atoms with E-state index >= 15 is 0 Å². The van der Waals surface area contributed by atoms with Crippen molar-refractivity contribution in [3.8, 4) is 5.75 Å². The van der Waals surface area contributed by atoms with Crippen molar-refractivity contribution in [1.82, 2.24) is 4.98 Å². The number of nitrogens with zero attached hydrogens (tertiary/aromatic N) is 2. The van der Waals surface area contributed by atoms with Crippen molar-refractivity contribution >= 4 is 67.6 Å². The maximum Gasteiger partial charge on any atom is 0.229 e. The molecule has 1 fully saturated rings. The Kier molecular flexibility index (Phi) is 7.61. The number of hydrogen-bond acceptors (Lipinski definition) is 6. The van der Waals surface area contributed by atoms with Crippen molar-refractivity contribution in [1.29, 1.82) is 0 Å². The van der Waals surface area contributed by atoms with Crippen LogP contribution in [-0.2, 0) is 9.53 Å². The van der Waals surface area contributed by atoms with Crippen molar-refractivity contribution in [3.05, 3.63) is 46.4 Å². The van der Waals surface area contributed by atoms with Gasteiger partial charge in [-0.1, -0.05) is 34.5 Å². The third-order valence-corrected chi connectivity index (χ3v) is 7.81. The number of ether oxygens (including phenoxy) is 2. The third kappa shape index (κ3) is 5.46. The van der Waals surface area contributed by atoms with Crippen molar-refractivity contribution in [2.24, 2.45) is 0 Å². The maximum atomic E-state index is 13.2. The number of amides is 1. The highest BCUT2D eigenvalue weighted by atomic mass is 35.5. The van der Waals surface area contributed by atoms with Crippen LogP contribution in [0.5, 0.6) is 5.75 Å². The quantitative estimate of drug-likeness (QED) is 0.342. The van der Waals surface area contributed by atoms with E-state index in [1.807, 2.05) is 24.3 Å². The highest BCUT2D eigenvalue weighted by Crippen LogP contribution is 2.39. The van der Waals surface area contributed by atoms with Gasteiger partial charge >= 0.3 is 0 Å². The average Bonchev–Trinajstić information content (AvgIpc) is 3.44. The van der Waals surface area contributed by atoms with Gasteiger partial charge in [0, 0.05) is 28.7 Å². The van der Waals surface area contributed by atoms with Gasteiger partial charge in [0.05, 0.1) is 29.5 Å². The largest absolute Gasteiger partial charge is 0.494 e. The number of hydrogen-bond donors (Lipinski definition) is 0. The van der Waals surface area contributed by atoms with Gasteiger partial charge in [-0.15, -0.1) is 11.8 Å². The SMILES string of the molecule is COc1ccc(Cl)c2sc(N(CC3CCCO3)C(=O)CCSc3ccc(Cl)cc3)nc12.